The van der Waals surface area contributed by atoms with Crippen LogP contribution in [0.15, 0.2) is 4.36 Å². The normalized spacial score (nSPS) is 27.9. The number of rotatable bonds is 8. The van der Waals surface area contributed by atoms with E-state index in [0.29, 0.717) is 44.2 Å². The van der Waals surface area contributed by atoms with Crippen LogP contribution in [0, 0.1) is 5.92 Å². The summed E-state index contributed by atoms with van der Waals surface area (Å²) in [5.74, 6) is 0.525. The van der Waals surface area contributed by atoms with Gasteiger partial charge in [-0.1, -0.05) is 26.2 Å². The summed E-state index contributed by atoms with van der Waals surface area (Å²) >= 11 is 0. The summed E-state index contributed by atoms with van der Waals surface area (Å²) in [5, 5.41) is 0. The first-order chi connectivity index (χ1) is 14.5. The van der Waals surface area contributed by atoms with Crippen molar-refractivity contribution in [3.05, 3.63) is 0 Å². The molecule has 3 aliphatic rings. The Balaban J connectivity index is 1.61. The highest BCUT2D eigenvalue weighted by Gasteiger charge is 2.39. The summed E-state index contributed by atoms with van der Waals surface area (Å²) in [6.45, 7) is 5.24. The SMILES string of the molecule is CCOC(C(=O)N1CCCS(=O)(=NC(=O)C(CC)OC2CCCCC2)CC1)C1CC1. The van der Waals surface area contributed by atoms with Crippen LogP contribution in [-0.4, -0.2) is 70.4 Å². The Morgan fingerprint density at radius 2 is 1.77 bits per heavy atom. The minimum absolute atomic E-state index is 0.00129. The van der Waals surface area contributed by atoms with Gasteiger partial charge in [0.2, 0.25) is 0 Å². The zero-order chi connectivity index (χ0) is 21.6. The number of carbonyl (C=O) groups is 2. The van der Waals surface area contributed by atoms with E-state index in [1.165, 1.54) is 6.42 Å². The smallest absolute Gasteiger partial charge is 0.282 e. The molecule has 0 aromatic heterocycles. The molecule has 1 aliphatic heterocycles. The molecule has 30 heavy (non-hydrogen) atoms. The fourth-order valence-corrected chi connectivity index (χ4v) is 6.33. The molecule has 1 heterocycles. The van der Waals surface area contributed by atoms with Gasteiger partial charge in [-0.2, -0.15) is 4.36 Å². The third-order valence-electron chi connectivity index (χ3n) is 6.33. The predicted molar refractivity (Wildman–Crippen MR) is 117 cm³/mol. The molecule has 2 aliphatic carbocycles. The summed E-state index contributed by atoms with van der Waals surface area (Å²) < 4.78 is 29.2. The average Bonchev–Trinajstić information content (AvgIpc) is 3.58. The van der Waals surface area contributed by atoms with Crippen LogP contribution in [0.2, 0.25) is 0 Å². The molecule has 3 atom stereocenters. The summed E-state index contributed by atoms with van der Waals surface area (Å²) in [5.41, 5.74) is 0. The molecule has 1 saturated heterocycles. The highest BCUT2D eigenvalue weighted by atomic mass is 32.2. The van der Waals surface area contributed by atoms with Crippen LogP contribution in [-0.2, 0) is 28.8 Å². The van der Waals surface area contributed by atoms with Crippen molar-refractivity contribution in [2.24, 2.45) is 10.3 Å². The fraction of sp³-hybridized carbons (Fsp3) is 0.909. The van der Waals surface area contributed by atoms with E-state index in [4.69, 9.17) is 9.47 Å². The van der Waals surface area contributed by atoms with Gasteiger partial charge in [0.15, 0.2) is 0 Å². The van der Waals surface area contributed by atoms with Gasteiger partial charge in [-0.25, -0.2) is 4.21 Å². The van der Waals surface area contributed by atoms with Crippen LogP contribution in [0.5, 0.6) is 0 Å². The van der Waals surface area contributed by atoms with Crippen molar-refractivity contribution in [3.8, 4) is 0 Å². The number of ether oxygens (including phenoxy) is 2. The van der Waals surface area contributed by atoms with Crippen molar-refractivity contribution in [3.63, 3.8) is 0 Å². The van der Waals surface area contributed by atoms with Gasteiger partial charge < -0.3 is 14.4 Å². The second kappa shape index (κ2) is 11.0. The average molecular weight is 443 g/mol. The maximum absolute atomic E-state index is 13.3. The third-order valence-corrected chi connectivity index (χ3v) is 8.59. The van der Waals surface area contributed by atoms with Crippen LogP contribution in [0.1, 0.15) is 71.6 Å². The van der Waals surface area contributed by atoms with E-state index < -0.39 is 21.7 Å². The molecule has 8 heteroatoms. The van der Waals surface area contributed by atoms with Crippen LogP contribution >= 0.6 is 0 Å². The molecule has 0 aromatic rings. The molecule has 7 nitrogen and oxygen atoms in total. The van der Waals surface area contributed by atoms with Gasteiger partial charge in [0.1, 0.15) is 12.2 Å². The highest BCUT2D eigenvalue weighted by Crippen LogP contribution is 2.35. The first kappa shape index (κ1) is 23.7. The Kier molecular flexibility index (Phi) is 8.72. The zero-order valence-electron chi connectivity index (χ0n) is 18.6. The lowest BCUT2D eigenvalue weighted by molar-refractivity contribution is -0.144. The van der Waals surface area contributed by atoms with Crippen LogP contribution < -0.4 is 0 Å². The summed E-state index contributed by atoms with van der Waals surface area (Å²) in [4.78, 5) is 27.5. The van der Waals surface area contributed by atoms with Crippen molar-refractivity contribution >= 4 is 21.5 Å². The van der Waals surface area contributed by atoms with E-state index in [9.17, 15) is 13.8 Å². The Morgan fingerprint density at radius 1 is 1.03 bits per heavy atom. The second-order valence-corrected chi connectivity index (χ2v) is 11.3. The number of nitrogens with zero attached hydrogens (tertiary/aromatic N) is 2. The second-order valence-electron chi connectivity index (χ2n) is 8.80. The van der Waals surface area contributed by atoms with E-state index in [-0.39, 0.29) is 23.9 Å². The van der Waals surface area contributed by atoms with Gasteiger partial charge in [-0.3, -0.25) is 9.59 Å². The maximum atomic E-state index is 13.3. The Morgan fingerprint density at radius 3 is 2.40 bits per heavy atom. The number of carbonyl (C=O) groups excluding carboxylic acids is 2. The molecule has 0 N–H and O–H groups in total. The van der Waals surface area contributed by atoms with Gasteiger partial charge in [0.25, 0.3) is 11.8 Å². The predicted octanol–water partition coefficient (Wildman–Crippen LogP) is 3.16. The summed E-state index contributed by atoms with van der Waals surface area (Å²) in [6.07, 6.45) is 7.78. The van der Waals surface area contributed by atoms with Crippen molar-refractivity contribution in [2.75, 3.05) is 31.2 Å². The molecule has 3 rings (SSSR count). The first-order valence-corrected chi connectivity index (χ1v) is 13.6. The molecule has 0 radical (unpaired) electrons. The quantitative estimate of drug-likeness (QED) is 0.576. The minimum Gasteiger partial charge on any atom is -0.368 e. The van der Waals surface area contributed by atoms with Gasteiger partial charge in [0.05, 0.1) is 15.8 Å². The molecule has 0 bridgehead atoms. The number of hydrogen-bond donors (Lipinski definition) is 0. The van der Waals surface area contributed by atoms with Crippen molar-refractivity contribution in [1.29, 1.82) is 0 Å². The third kappa shape index (κ3) is 6.50. The van der Waals surface area contributed by atoms with E-state index >= 15 is 0 Å². The fourth-order valence-electron chi connectivity index (χ4n) is 4.41. The van der Waals surface area contributed by atoms with Crippen LogP contribution in [0.3, 0.4) is 0 Å². The van der Waals surface area contributed by atoms with Gasteiger partial charge in [-0.05, 0) is 51.4 Å². The summed E-state index contributed by atoms with van der Waals surface area (Å²) in [6, 6.07) is 0. The summed E-state index contributed by atoms with van der Waals surface area (Å²) in [7, 11) is -2.67. The largest absolute Gasteiger partial charge is 0.368 e. The lowest BCUT2D eigenvalue weighted by Gasteiger charge is -2.26. The molecule has 3 fully saturated rings. The van der Waals surface area contributed by atoms with E-state index in [0.717, 1.165) is 38.5 Å². The highest BCUT2D eigenvalue weighted by molar-refractivity contribution is 7.93. The van der Waals surface area contributed by atoms with E-state index in [1.807, 2.05) is 13.8 Å². The Bertz CT molecular complexity index is 708. The molecule has 2 amide bonds. The molecule has 0 aromatic carbocycles. The maximum Gasteiger partial charge on any atom is 0.282 e. The molecular formula is C22H38N2O5S. The Hall–Kier alpha value is -0.990. The van der Waals surface area contributed by atoms with E-state index in [2.05, 4.69) is 4.36 Å². The van der Waals surface area contributed by atoms with Crippen LogP contribution in [0.25, 0.3) is 0 Å². The van der Waals surface area contributed by atoms with E-state index in [1.54, 1.807) is 4.90 Å². The van der Waals surface area contributed by atoms with Crippen LogP contribution in [0.4, 0.5) is 0 Å². The number of hydrogen-bond acceptors (Lipinski definition) is 5. The van der Waals surface area contributed by atoms with Crippen molar-refractivity contribution < 1.29 is 23.3 Å². The molecule has 172 valence electrons. The van der Waals surface area contributed by atoms with Crippen molar-refractivity contribution in [1.82, 2.24) is 4.90 Å². The lowest BCUT2D eigenvalue weighted by atomic mass is 9.97. The molecular weight excluding hydrogens is 404 g/mol. The standard InChI is InChI=1S/C22H38N2O5S/c1-3-19(29-18-9-6-5-7-10-18)21(25)23-30(27)15-8-13-24(14-16-30)22(26)20(28-4-2)17-11-12-17/h17-20H,3-16H2,1-2H3. The number of amides is 2. The topological polar surface area (TPSA) is 85.3 Å². The first-order valence-electron chi connectivity index (χ1n) is 11.8. The molecule has 3 unspecified atom stereocenters. The van der Waals surface area contributed by atoms with Gasteiger partial charge in [0, 0.05) is 31.2 Å². The monoisotopic (exact) mass is 442 g/mol. The van der Waals surface area contributed by atoms with Gasteiger partial charge in [-0.15, -0.1) is 0 Å². The van der Waals surface area contributed by atoms with Crippen molar-refractivity contribution in [2.45, 2.75) is 89.9 Å². The molecule has 0 spiro atoms. The Labute approximate surface area is 181 Å². The van der Waals surface area contributed by atoms with Gasteiger partial charge >= 0.3 is 0 Å². The molecule has 2 saturated carbocycles. The lowest BCUT2D eigenvalue weighted by Crippen LogP contribution is -2.43. The minimum atomic E-state index is -2.67. The zero-order valence-corrected chi connectivity index (χ0v) is 19.4.